The van der Waals surface area contributed by atoms with E-state index < -0.39 is 5.60 Å². The predicted molar refractivity (Wildman–Crippen MR) is 58.6 cm³/mol. The first-order valence-electron chi connectivity index (χ1n) is 5.46. The summed E-state index contributed by atoms with van der Waals surface area (Å²) < 4.78 is 1.81. The Morgan fingerprint density at radius 3 is 2.87 bits per heavy atom. The van der Waals surface area contributed by atoms with Crippen LogP contribution in [0, 0.1) is 0 Å². The molecule has 0 bridgehead atoms. The minimum absolute atomic E-state index is 0.482. The van der Waals surface area contributed by atoms with Gasteiger partial charge in [-0.3, -0.25) is 4.68 Å². The summed E-state index contributed by atoms with van der Waals surface area (Å²) in [6.07, 6.45) is 6.54. The highest BCUT2D eigenvalue weighted by Crippen LogP contribution is 2.25. The zero-order chi connectivity index (χ0) is 10.9. The lowest BCUT2D eigenvalue weighted by molar-refractivity contribution is 0.0434. The van der Waals surface area contributed by atoms with Gasteiger partial charge in [-0.1, -0.05) is 0 Å². The van der Waals surface area contributed by atoms with Crippen molar-refractivity contribution in [3.63, 3.8) is 0 Å². The quantitative estimate of drug-likeness (QED) is 0.784. The molecule has 0 saturated carbocycles. The van der Waals surface area contributed by atoms with Crippen LogP contribution in [0.2, 0.25) is 0 Å². The summed E-state index contributed by atoms with van der Waals surface area (Å²) in [5.41, 5.74) is 0.727. The zero-order valence-electron chi connectivity index (χ0n) is 9.48. The molecule has 1 saturated heterocycles. The third kappa shape index (κ3) is 2.58. The highest BCUT2D eigenvalue weighted by atomic mass is 16.3. The van der Waals surface area contributed by atoms with Crippen molar-refractivity contribution >= 4 is 0 Å². The van der Waals surface area contributed by atoms with Crippen molar-refractivity contribution in [1.29, 1.82) is 0 Å². The average molecular weight is 209 g/mol. The van der Waals surface area contributed by atoms with Gasteiger partial charge in [0.15, 0.2) is 0 Å². The van der Waals surface area contributed by atoms with Crippen LogP contribution in [-0.4, -0.2) is 45.5 Å². The molecule has 0 aliphatic carbocycles. The Kier molecular flexibility index (Phi) is 2.80. The smallest absolute Gasteiger partial charge is 0.0789 e. The molecule has 2 heterocycles. The standard InChI is InChI=1S/C11H19N3O/c1-13-6-5-11(15,9-13)4-3-10-7-12-14(2)8-10/h7-8,15H,3-6,9H2,1-2H3. The van der Waals surface area contributed by atoms with Crippen LogP contribution >= 0.6 is 0 Å². The summed E-state index contributed by atoms with van der Waals surface area (Å²) in [5.74, 6) is 0. The van der Waals surface area contributed by atoms with Gasteiger partial charge in [-0.15, -0.1) is 0 Å². The van der Waals surface area contributed by atoms with E-state index in [9.17, 15) is 5.11 Å². The molecule has 1 unspecified atom stereocenters. The van der Waals surface area contributed by atoms with Gasteiger partial charge in [0.2, 0.25) is 0 Å². The molecular formula is C11H19N3O. The maximum Gasteiger partial charge on any atom is 0.0789 e. The number of aryl methyl sites for hydroxylation is 2. The molecule has 1 aliphatic rings. The van der Waals surface area contributed by atoms with Gasteiger partial charge in [-0.05, 0) is 31.9 Å². The average Bonchev–Trinajstić information content (AvgIpc) is 2.71. The van der Waals surface area contributed by atoms with Crippen molar-refractivity contribution in [3.8, 4) is 0 Å². The highest BCUT2D eigenvalue weighted by Gasteiger charge is 2.33. The Morgan fingerprint density at radius 1 is 1.53 bits per heavy atom. The van der Waals surface area contributed by atoms with Crippen molar-refractivity contribution in [3.05, 3.63) is 18.0 Å². The summed E-state index contributed by atoms with van der Waals surface area (Å²) in [5, 5.41) is 14.4. The van der Waals surface area contributed by atoms with Crippen LogP contribution in [0.25, 0.3) is 0 Å². The molecule has 1 aromatic rings. The molecule has 0 aromatic carbocycles. The summed E-state index contributed by atoms with van der Waals surface area (Å²) in [7, 11) is 3.98. The van der Waals surface area contributed by atoms with E-state index in [2.05, 4.69) is 17.0 Å². The summed E-state index contributed by atoms with van der Waals surface area (Å²) in [6, 6.07) is 0. The molecule has 4 nitrogen and oxygen atoms in total. The molecule has 1 atom stereocenters. The molecule has 1 fully saturated rings. The van der Waals surface area contributed by atoms with Crippen molar-refractivity contribution in [2.75, 3.05) is 20.1 Å². The number of hydrogen-bond acceptors (Lipinski definition) is 3. The van der Waals surface area contributed by atoms with E-state index in [-0.39, 0.29) is 0 Å². The van der Waals surface area contributed by atoms with Crippen molar-refractivity contribution in [1.82, 2.24) is 14.7 Å². The molecule has 0 amide bonds. The topological polar surface area (TPSA) is 41.3 Å². The molecule has 0 spiro atoms. The predicted octanol–water partition coefficient (Wildman–Crippen LogP) is 0.419. The van der Waals surface area contributed by atoms with E-state index in [1.165, 1.54) is 5.56 Å². The van der Waals surface area contributed by atoms with Crippen LogP contribution in [0.1, 0.15) is 18.4 Å². The zero-order valence-corrected chi connectivity index (χ0v) is 9.48. The van der Waals surface area contributed by atoms with Gasteiger partial charge in [0.25, 0.3) is 0 Å². The van der Waals surface area contributed by atoms with E-state index >= 15 is 0 Å². The van der Waals surface area contributed by atoms with E-state index in [0.717, 1.165) is 32.4 Å². The van der Waals surface area contributed by atoms with Gasteiger partial charge in [0.1, 0.15) is 0 Å². The first-order chi connectivity index (χ1) is 7.07. The molecule has 84 valence electrons. The fourth-order valence-corrected chi connectivity index (χ4v) is 2.24. The Balaban J connectivity index is 1.88. The number of aliphatic hydroxyl groups is 1. The number of aromatic nitrogens is 2. The molecule has 4 heteroatoms. The maximum atomic E-state index is 10.3. The number of likely N-dealkylation sites (N-methyl/N-ethyl adjacent to an activating group) is 1. The van der Waals surface area contributed by atoms with E-state index in [4.69, 9.17) is 0 Å². The van der Waals surface area contributed by atoms with Crippen LogP contribution in [0.5, 0.6) is 0 Å². The fourth-order valence-electron chi connectivity index (χ4n) is 2.24. The monoisotopic (exact) mass is 209 g/mol. The normalized spacial score (nSPS) is 27.4. The lowest BCUT2D eigenvalue weighted by atomic mass is 9.95. The molecule has 1 aliphatic heterocycles. The molecule has 2 rings (SSSR count). The lowest BCUT2D eigenvalue weighted by Gasteiger charge is -2.21. The van der Waals surface area contributed by atoms with Crippen LogP contribution in [0.15, 0.2) is 12.4 Å². The molecule has 0 radical (unpaired) electrons. The van der Waals surface area contributed by atoms with Gasteiger partial charge in [0.05, 0.1) is 11.8 Å². The summed E-state index contributed by atoms with van der Waals surface area (Å²) in [6.45, 7) is 1.80. The van der Waals surface area contributed by atoms with Gasteiger partial charge < -0.3 is 10.0 Å². The number of rotatable bonds is 3. The molecule has 15 heavy (non-hydrogen) atoms. The minimum Gasteiger partial charge on any atom is -0.388 e. The Hall–Kier alpha value is -0.870. The molecule has 1 N–H and O–H groups in total. The molecular weight excluding hydrogens is 190 g/mol. The Bertz CT molecular complexity index is 336. The number of β-amino-alcohol motifs (C(OH)–C–C–N with tert-alkyl or cyclic N) is 1. The van der Waals surface area contributed by atoms with Gasteiger partial charge in [-0.2, -0.15) is 5.10 Å². The third-order valence-corrected chi connectivity index (χ3v) is 3.16. The third-order valence-electron chi connectivity index (χ3n) is 3.16. The maximum absolute atomic E-state index is 10.3. The molecule has 1 aromatic heterocycles. The van der Waals surface area contributed by atoms with Crippen LogP contribution in [0.4, 0.5) is 0 Å². The van der Waals surface area contributed by atoms with Crippen LogP contribution < -0.4 is 0 Å². The Labute approximate surface area is 90.5 Å². The van der Waals surface area contributed by atoms with Crippen molar-refractivity contribution in [2.45, 2.75) is 24.9 Å². The Morgan fingerprint density at radius 2 is 2.33 bits per heavy atom. The second-order valence-electron chi connectivity index (χ2n) is 4.73. The SMILES string of the molecule is CN1CCC(O)(CCc2cnn(C)c2)C1. The summed E-state index contributed by atoms with van der Waals surface area (Å²) in [4.78, 5) is 2.18. The second kappa shape index (κ2) is 3.94. The van der Waals surface area contributed by atoms with Crippen LogP contribution in [-0.2, 0) is 13.5 Å². The fraction of sp³-hybridized carbons (Fsp3) is 0.727. The minimum atomic E-state index is -0.482. The lowest BCUT2D eigenvalue weighted by Crippen LogP contribution is -2.32. The number of hydrogen-bond donors (Lipinski definition) is 1. The first-order valence-corrected chi connectivity index (χ1v) is 5.46. The van der Waals surface area contributed by atoms with Crippen molar-refractivity contribution in [2.24, 2.45) is 7.05 Å². The first kappa shape index (κ1) is 10.6. The van der Waals surface area contributed by atoms with E-state index in [1.807, 2.05) is 19.4 Å². The van der Waals surface area contributed by atoms with Gasteiger partial charge >= 0.3 is 0 Å². The van der Waals surface area contributed by atoms with E-state index in [1.54, 1.807) is 4.68 Å². The highest BCUT2D eigenvalue weighted by molar-refractivity contribution is 5.05. The second-order valence-corrected chi connectivity index (χ2v) is 4.73. The van der Waals surface area contributed by atoms with Gasteiger partial charge in [0, 0.05) is 26.3 Å². The van der Waals surface area contributed by atoms with E-state index in [0.29, 0.717) is 0 Å². The largest absolute Gasteiger partial charge is 0.388 e. The van der Waals surface area contributed by atoms with Crippen LogP contribution in [0.3, 0.4) is 0 Å². The number of nitrogens with zero attached hydrogens (tertiary/aromatic N) is 3. The van der Waals surface area contributed by atoms with Crippen molar-refractivity contribution < 1.29 is 5.11 Å². The number of likely N-dealkylation sites (tertiary alicyclic amines) is 1. The van der Waals surface area contributed by atoms with Gasteiger partial charge in [-0.25, -0.2) is 0 Å². The summed E-state index contributed by atoms with van der Waals surface area (Å²) >= 11 is 0.